The summed E-state index contributed by atoms with van der Waals surface area (Å²) in [7, 11) is 3.17. The Morgan fingerprint density at radius 1 is 1.38 bits per heavy atom. The number of hydrogen-bond donors (Lipinski definition) is 0. The molecule has 2 aliphatic heterocycles. The Kier molecular flexibility index (Phi) is 5.20. The summed E-state index contributed by atoms with van der Waals surface area (Å²) in [4.78, 5) is 15.2. The molecule has 0 N–H and O–H groups in total. The molecule has 1 aromatic carbocycles. The molecule has 0 unspecified atom stereocenters. The highest BCUT2D eigenvalue weighted by Gasteiger charge is 2.21. The lowest BCUT2D eigenvalue weighted by atomic mass is 10.1. The van der Waals surface area contributed by atoms with Gasteiger partial charge in [-0.05, 0) is 17.2 Å². The third-order valence-corrected chi connectivity index (χ3v) is 4.39. The van der Waals surface area contributed by atoms with E-state index in [1.807, 2.05) is 0 Å². The zero-order valence-corrected chi connectivity index (χ0v) is 14.3. The molecular weight excluding hydrogens is 308 g/mol. The van der Waals surface area contributed by atoms with E-state index >= 15 is 0 Å². The number of rotatable bonds is 4. The molecule has 1 fully saturated rings. The van der Waals surface area contributed by atoms with Gasteiger partial charge < -0.3 is 14.4 Å². The average molecular weight is 332 g/mol. The summed E-state index contributed by atoms with van der Waals surface area (Å²) in [6, 6.07) is 7.02. The van der Waals surface area contributed by atoms with E-state index in [0.717, 1.165) is 51.5 Å². The third kappa shape index (κ3) is 3.79. The van der Waals surface area contributed by atoms with Crippen LogP contribution in [0.2, 0.25) is 0 Å². The molecular formula is C17H24N4O3. The minimum atomic E-state index is 0.482. The number of piperazine rings is 1. The number of amidine groups is 1. The van der Waals surface area contributed by atoms with Crippen LogP contribution in [0, 0.1) is 0 Å². The highest BCUT2D eigenvalue weighted by Crippen LogP contribution is 2.26. The number of carbonyl (C=O) groups excluding carboxylic acids is 1. The number of hydrazone groups is 1. The van der Waals surface area contributed by atoms with Crippen molar-refractivity contribution in [3.63, 3.8) is 0 Å². The smallest absolute Gasteiger partial charge is 0.309 e. The maximum Gasteiger partial charge on any atom is 0.309 e. The molecule has 7 nitrogen and oxygen atoms in total. The van der Waals surface area contributed by atoms with Gasteiger partial charge in [-0.25, -0.2) is 5.01 Å². The van der Waals surface area contributed by atoms with Crippen LogP contribution in [0.25, 0.3) is 0 Å². The van der Waals surface area contributed by atoms with Crippen molar-refractivity contribution in [2.45, 2.75) is 13.0 Å². The van der Waals surface area contributed by atoms with Crippen LogP contribution in [-0.2, 0) is 22.5 Å². The molecule has 7 heteroatoms. The highest BCUT2D eigenvalue weighted by atomic mass is 16.5. The van der Waals surface area contributed by atoms with Gasteiger partial charge in [-0.1, -0.05) is 12.1 Å². The number of hydrogen-bond acceptors (Lipinski definition) is 5. The van der Waals surface area contributed by atoms with Gasteiger partial charge in [0.05, 0.1) is 13.7 Å². The first kappa shape index (κ1) is 16.6. The first-order chi connectivity index (χ1) is 11.7. The van der Waals surface area contributed by atoms with Crippen molar-refractivity contribution in [1.82, 2.24) is 14.8 Å². The second-order valence-electron chi connectivity index (χ2n) is 6.07. The van der Waals surface area contributed by atoms with Crippen LogP contribution in [-0.4, -0.2) is 74.2 Å². The van der Waals surface area contributed by atoms with Crippen molar-refractivity contribution >= 4 is 12.4 Å². The van der Waals surface area contributed by atoms with Crippen molar-refractivity contribution in [2.24, 2.45) is 5.10 Å². The van der Waals surface area contributed by atoms with Crippen LogP contribution >= 0.6 is 0 Å². The molecule has 2 aliphatic rings. The predicted molar refractivity (Wildman–Crippen MR) is 90.8 cm³/mol. The van der Waals surface area contributed by atoms with Gasteiger partial charge in [0.1, 0.15) is 5.75 Å². The molecule has 0 atom stereocenters. The van der Waals surface area contributed by atoms with Crippen molar-refractivity contribution in [3.05, 3.63) is 29.3 Å². The van der Waals surface area contributed by atoms with Gasteiger partial charge in [-0.3, -0.25) is 9.69 Å². The Hall–Kier alpha value is -2.28. The fourth-order valence-corrected chi connectivity index (χ4v) is 3.06. The van der Waals surface area contributed by atoms with Crippen LogP contribution in [0.1, 0.15) is 11.1 Å². The summed E-state index contributed by atoms with van der Waals surface area (Å²) in [6.07, 6.45) is 1.67. The summed E-state index contributed by atoms with van der Waals surface area (Å²) in [5, 5.41) is 5.35. The third-order valence-electron chi connectivity index (χ3n) is 4.39. The van der Waals surface area contributed by atoms with Gasteiger partial charge in [0.25, 0.3) is 0 Å². The summed E-state index contributed by atoms with van der Waals surface area (Å²) >= 11 is 0. The summed E-state index contributed by atoms with van der Waals surface area (Å²) in [5.74, 6) is 1.04. The maximum absolute atomic E-state index is 10.7. The molecule has 0 bridgehead atoms. The first-order valence-corrected chi connectivity index (χ1v) is 8.22. The molecule has 2 heterocycles. The zero-order chi connectivity index (χ0) is 16.9. The van der Waals surface area contributed by atoms with Gasteiger partial charge in [-0.2, -0.15) is 0 Å². The topological polar surface area (TPSA) is 57.6 Å². The summed E-state index contributed by atoms with van der Waals surface area (Å²) in [5.41, 5.74) is 2.59. The number of benzene rings is 1. The Balaban J connectivity index is 1.55. The van der Waals surface area contributed by atoms with Crippen LogP contribution in [0.4, 0.5) is 0 Å². The molecule has 0 saturated carbocycles. The van der Waals surface area contributed by atoms with Crippen LogP contribution in [0.3, 0.4) is 0 Å². The van der Waals surface area contributed by atoms with Gasteiger partial charge in [-0.15, -0.1) is 5.10 Å². The minimum absolute atomic E-state index is 0.482. The molecule has 130 valence electrons. The largest absolute Gasteiger partial charge is 0.493 e. The SMILES string of the molecule is CO/C(=N\N(C)C=O)N1CCN(Cc2ccc3c(c2)OCC3)CC1. The second kappa shape index (κ2) is 7.53. The van der Waals surface area contributed by atoms with E-state index in [1.54, 1.807) is 14.2 Å². The monoisotopic (exact) mass is 332 g/mol. The lowest BCUT2D eigenvalue weighted by Gasteiger charge is -2.35. The van der Waals surface area contributed by atoms with E-state index in [9.17, 15) is 4.79 Å². The number of carbonyl (C=O) groups is 1. The maximum atomic E-state index is 10.7. The van der Waals surface area contributed by atoms with Gasteiger partial charge in [0, 0.05) is 46.2 Å². The average Bonchev–Trinajstić information content (AvgIpc) is 3.08. The number of ether oxygens (including phenoxy) is 2. The van der Waals surface area contributed by atoms with Crippen molar-refractivity contribution in [3.8, 4) is 5.75 Å². The first-order valence-electron chi connectivity index (χ1n) is 8.22. The number of nitrogens with zero attached hydrogens (tertiary/aromatic N) is 4. The van der Waals surface area contributed by atoms with E-state index in [4.69, 9.17) is 9.47 Å². The Morgan fingerprint density at radius 2 is 2.17 bits per heavy atom. The van der Waals surface area contributed by atoms with Crippen LogP contribution in [0.5, 0.6) is 5.75 Å². The van der Waals surface area contributed by atoms with E-state index < -0.39 is 0 Å². The van der Waals surface area contributed by atoms with E-state index in [1.165, 1.54) is 16.1 Å². The second-order valence-corrected chi connectivity index (χ2v) is 6.07. The van der Waals surface area contributed by atoms with Gasteiger partial charge >= 0.3 is 6.02 Å². The molecule has 24 heavy (non-hydrogen) atoms. The minimum Gasteiger partial charge on any atom is -0.493 e. The molecule has 1 saturated heterocycles. The van der Waals surface area contributed by atoms with Crippen LogP contribution in [0.15, 0.2) is 23.3 Å². The van der Waals surface area contributed by atoms with E-state index in [2.05, 4.69) is 33.1 Å². The summed E-state index contributed by atoms with van der Waals surface area (Å²) < 4.78 is 11.0. The molecule has 0 radical (unpaired) electrons. The molecule has 0 aliphatic carbocycles. The standard InChI is InChI=1S/C17H24N4O3/c1-19(13-22)18-17(23-2)21-8-6-20(7-9-21)12-14-3-4-15-5-10-24-16(15)11-14/h3-4,11,13H,5-10,12H2,1-2H3/b18-17-. The van der Waals surface area contributed by atoms with Crippen molar-refractivity contribution in [2.75, 3.05) is 46.9 Å². The molecule has 0 aromatic heterocycles. The predicted octanol–water partition coefficient (Wildman–Crippen LogP) is 0.745. The zero-order valence-electron chi connectivity index (χ0n) is 14.3. The van der Waals surface area contributed by atoms with E-state index in [-0.39, 0.29) is 0 Å². The summed E-state index contributed by atoms with van der Waals surface area (Å²) in [6.45, 7) is 5.20. The fraction of sp³-hybridized carbons (Fsp3) is 0.529. The fourth-order valence-electron chi connectivity index (χ4n) is 3.06. The Labute approximate surface area is 142 Å². The highest BCUT2D eigenvalue weighted by molar-refractivity contribution is 5.74. The Morgan fingerprint density at radius 3 is 2.88 bits per heavy atom. The lowest BCUT2D eigenvalue weighted by molar-refractivity contribution is -0.117. The molecule has 1 aromatic rings. The molecule has 0 spiro atoms. The van der Waals surface area contributed by atoms with Gasteiger partial charge in [0.2, 0.25) is 6.41 Å². The normalized spacial score (nSPS) is 18.1. The van der Waals surface area contributed by atoms with Crippen molar-refractivity contribution in [1.29, 1.82) is 0 Å². The Bertz CT molecular complexity index is 612. The van der Waals surface area contributed by atoms with E-state index in [0.29, 0.717) is 12.4 Å². The number of methoxy groups -OCH3 is 1. The quantitative estimate of drug-likeness (QED) is 0.352. The van der Waals surface area contributed by atoms with Crippen molar-refractivity contribution < 1.29 is 14.3 Å². The number of fused-ring (bicyclic) bond motifs is 1. The number of amides is 1. The molecule has 3 rings (SSSR count). The molecule has 1 amide bonds. The van der Waals surface area contributed by atoms with Crippen LogP contribution < -0.4 is 4.74 Å². The van der Waals surface area contributed by atoms with Gasteiger partial charge in [0.15, 0.2) is 0 Å². The lowest BCUT2D eigenvalue weighted by Crippen LogP contribution is -2.49.